The van der Waals surface area contributed by atoms with Crippen LogP contribution in [-0.4, -0.2) is 16.7 Å². The van der Waals surface area contributed by atoms with Crippen LogP contribution in [0, 0.1) is 10.1 Å². The van der Waals surface area contributed by atoms with E-state index in [1.54, 1.807) is 0 Å². The Morgan fingerprint density at radius 1 is 1.60 bits per heavy atom. The van der Waals surface area contributed by atoms with Crippen LogP contribution in [0.5, 0.6) is 0 Å². The Kier molecular flexibility index (Phi) is 4.57. The fourth-order valence-corrected chi connectivity index (χ4v) is 0.605. The number of rotatable bonds is 5. The maximum Gasteiger partial charge on any atom is 0.176 e. The molecule has 0 aromatic rings. The minimum Gasteiger partial charge on any atom is -0.233 e. The molecule has 0 amide bonds. The molecule has 0 saturated heterocycles. The van der Waals surface area contributed by atoms with Gasteiger partial charge in [-0.3, -0.25) is 0 Å². The zero-order valence-electron chi connectivity index (χ0n) is 6.12. The van der Waals surface area contributed by atoms with Crippen LogP contribution in [0.15, 0.2) is 0 Å². The normalized spacial score (nSPS) is 9.40. The number of hydrogen-bond donors (Lipinski definition) is 1. The SMILES string of the molecule is CCCCCN(N)[N+](=O)[O-]. The van der Waals surface area contributed by atoms with E-state index in [2.05, 4.69) is 0 Å². The molecule has 5 nitrogen and oxygen atoms in total. The standard InChI is InChI=1S/C5H13N3O2/c1-2-3-4-5-7(6)8(9)10/h2-6H2,1H3. The molecule has 0 fully saturated rings. The fraction of sp³-hybridized carbons (Fsp3) is 1.00. The molecule has 0 bridgehead atoms. The first kappa shape index (κ1) is 9.16. The molecule has 0 aromatic carbocycles. The maximum atomic E-state index is 9.90. The summed E-state index contributed by atoms with van der Waals surface area (Å²) in [6.45, 7) is 2.37. The van der Waals surface area contributed by atoms with Crippen molar-refractivity contribution in [2.24, 2.45) is 5.84 Å². The highest BCUT2D eigenvalue weighted by atomic mass is 16.7. The first-order chi connectivity index (χ1) is 4.68. The molecule has 0 atom stereocenters. The van der Waals surface area contributed by atoms with Crippen LogP contribution in [0.1, 0.15) is 26.2 Å². The molecule has 0 unspecified atom stereocenters. The topological polar surface area (TPSA) is 72.4 Å². The molecule has 0 saturated carbocycles. The average Bonchev–Trinajstić information content (AvgIpc) is 1.88. The van der Waals surface area contributed by atoms with Gasteiger partial charge in [-0.2, -0.15) is 5.84 Å². The number of unbranched alkanes of at least 4 members (excludes halogenated alkanes) is 2. The largest absolute Gasteiger partial charge is 0.233 e. The smallest absolute Gasteiger partial charge is 0.176 e. The van der Waals surface area contributed by atoms with Gasteiger partial charge < -0.3 is 0 Å². The molecule has 0 aromatic heterocycles. The predicted molar refractivity (Wildman–Crippen MR) is 37.4 cm³/mol. The lowest BCUT2D eigenvalue weighted by Gasteiger charge is -2.05. The Morgan fingerprint density at radius 2 is 2.20 bits per heavy atom. The van der Waals surface area contributed by atoms with Crippen molar-refractivity contribution < 1.29 is 5.03 Å². The summed E-state index contributed by atoms with van der Waals surface area (Å²) in [5, 5.41) is 9.92. The second-order valence-corrected chi connectivity index (χ2v) is 2.11. The quantitative estimate of drug-likeness (QED) is 0.266. The molecule has 0 heterocycles. The summed E-state index contributed by atoms with van der Waals surface area (Å²) in [5.41, 5.74) is 0. The van der Waals surface area contributed by atoms with E-state index >= 15 is 0 Å². The minimum atomic E-state index is -0.602. The number of hydrazine groups is 2. The lowest BCUT2D eigenvalue weighted by atomic mass is 10.2. The molecule has 10 heavy (non-hydrogen) atoms. The van der Waals surface area contributed by atoms with Crippen LogP contribution in [0.4, 0.5) is 0 Å². The monoisotopic (exact) mass is 147 g/mol. The van der Waals surface area contributed by atoms with Gasteiger partial charge in [-0.05, 0) is 6.42 Å². The van der Waals surface area contributed by atoms with E-state index in [0.29, 0.717) is 11.7 Å². The van der Waals surface area contributed by atoms with Gasteiger partial charge in [0, 0.05) is 0 Å². The maximum absolute atomic E-state index is 9.90. The van der Waals surface area contributed by atoms with Crippen molar-refractivity contribution in [2.45, 2.75) is 26.2 Å². The highest BCUT2D eigenvalue weighted by molar-refractivity contribution is 4.38. The van der Waals surface area contributed by atoms with Gasteiger partial charge in [0.05, 0.1) is 6.54 Å². The van der Waals surface area contributed by atoms with Crippen LogP contribution >= 0.6 is 0 Å². The van der Waals surface area contributed by atoms with Crippen molar-refractivity contribution in [1.29, 1.82) is 0 Å². The molecule has 0 rings (SSSR count). The lowest BCUT2D eigenvalue weighted by molar-refractivity contribution is -0.658. The van der Waals surface area contributed by atoms with Crippen molar-refractivity contribution in [2.75, 3.05) is 6.54 Å². The molecule has 5 heteroatoms. The van der Waals surface area contributed by atoms with E-state index < -0.39 is 5.03 Å². The first-order valence-electron chi connectivity index (χ1n) is 3.35. The summed E-state index contributed by atoms with van der Waals surface area (Å²) in [6.07, 6.45) is 2.82. The minimum absolute atomic E-state index is 0.334. The highest BCUT2D eigenvalue weighted by Crippen LogP contribution is 1.94. The number of nitrogens with zero attached hydrogens (tertiary/aromatic N) is 2. The summed E-state index contributed by atoms with van der Waals surface area (Å²) in [7, 11) is 0. The molecular weight excluding hydrogens is 134 g/mol. The molecule has 0 aliphatic heterocycles. The molecule has 0 aliphatic rings. The summed E-state index contributed by atoms with van der Waals surface area (Å²) in [6, 6.07) is 0. The Balaban J connectivity index is 3.21. The number of nitro groups is 1. The second kappa shape index (κ2) is 4.99. The Morgan fingerprint density at radius 3 is 2.60 bits per heavy atom. The van der Waals surface area contributed by atoms with Crippen LogP contribution in [-0.2, 0) is 0 Å². The molecule has 0 radical (unpaired) electrons. The van der Waals surface area contributed by atoms with Crippen LogP contribution < -0.4 is 5.84 Å². The number of hydrogen-bond acceptors (Lipinski definition) is 3. The van der Waals surface area contributed by atoms with Gasteiger partial charge in [-0.1, -0.05) is 24.9 Å². The van der Waals surface area contributed by atoms with Crippen molar-refractivity contribution >= 4 is 0 Å². The van der Waals surface area contributed by atoms with Crippen molar-refractivity contribution in [3.8, 4) is 0 Å². The summed E-state index contributed by atoms with van der Waals surface area (Å²) >= 11 is 0. The first-order valence-corrected chi connectivity index (χ1v) is 3.35. The van der Waals surface area contributed by atoms with E-state index in [1.807, 2.05) is 6.92 Å². The highest BCUT2D eigenvalue weighted by Gasteiger charge is 2.04. The van der Waals surface area contributed by atoms with Gasteiger partial charge in [0.1, 0.15) is 0 Å². The zero-order chi connectivity index (χ0) is 7.98. The molecule has 2 N–H and O–H groups in total. The average molecular weight is 147 g/mol. The Bertz CT molecular complexity index is 107. The van der Waals surface area contributed by atoms with E-state index in [9.17, 15) is 10.1 Å². The summed E-state index contributed by atoms with van der Waals surface area (Å²) in [5.74, 6) is 4.99. The van der Waals surface area contributed by atoms with Gasteiger partial charge in [0.25, 0.3) is 0 Å². The van der Waals surface area contributed by atoms with E-state index in [0.717, 1.165) is 19.3 Å². The van der Waals surface area contributed by atoms with Gasteiger partial charge in [-0.15, -0.1) is 0 Å². The summed E-state index contributed by atoms with van der Waals surface area (Å²) < 4.78 is 0. The van der Waals surface area contributed by atoms with Crippen molar-refractivity contribution in [3.63, 3.8) is 0 Å². The lowest BCUT2D eigenvalue weighted by Crippen LogP contribution is -2.37. The third kappa shape index (κ3) is 4.08. The molecule has 60 valence electrons. The molecular formula is C5H13N3O2. The Hall–Kier alpha value is -0.840. The fourth-order valence-electron chi connectivity index (χ4n) is 0.605. The van der Waals surface area contributed by atoms with Gasteiger partial charge in [-0.25, -0.2) is 10.1 Å². The van der Waals surface area contributed by atoms with E-state index in [1.165, 1.54) is 0 Å². The number of nitrogens with two attached hydrogens (primary N) is 1. The van der Waals surface area contributed by atoms with Crippen LogP contribution in [0.2, 0.25) is 0 Å². The van der Waals surface area contributed by atoms with Gasteiger partial charge in [0.15, 0.2) is 5.03 Å². The van der Waals surface area contributed by atoms with Crippen LogP contribution in [0.3, 0.4) is 0 Å². The Labute approximate surface area is 59.9 Å². The van der Waals surface area contributed by atoms with Crippen molar-refractivity contribution in [3.05, 3.63) is 10.1 Å². The van der Waals surface area contributed by atoms with E-state index in [-0.39, 0.29) is 0 Å². The van der Waals surface area contributed by atoms with Gasteiger partial charge in [0.2, 0.25) is 0 Å². The van der Waals surface area contributed by atoms with Crippen molar-refractivity contribution in [1.82, 2.24) is 5.12 Å². The zero-order valence-corrected chi connectivity index (χ0v) is 6.12. The molecule has 0 aliphatic carbocycles. The third-order valence-electron chi connectivity index (χ3n) is 1.20. The second-order valence-electron chi connectivity index (χ2n) is 2.11. The predicted octanol–water partition coefficient (Wildman–Crippen LogP) is 0.544. The summed E-state index contributed by atoms with van der Waals surface area (Å²) in [4.78, 5) is 9.90. The molecule has 0 spiro atoms. The van der Waals surface area contributed by atoms with Gasteiger partial charge >= 0.3 is 0 Å². The third-order valence-corrected chi connectivity index (χ3v) is 1.20. The van der Waals surface area contributed by atoms with Crippen LogP contribution in [0.25, 0.3) is 0 Å². The van der Waals surface area contributed by atoms with E-state index in [4.69, 9.17) is 5.84 Å².